The van der Waals surface area contributed by atoms with E-state index in [1.165, 1.54) is 55.2 Å². The first-order chi connectivity index (χ1) is 11.7. The lowest BCUT2D eigenvalue weighted by molar-refractivity contribution is 0.393. The number of hydrogen-bond acceptors (Lipinski definition) is 1. The molecule has 0 saturated heterocycles. The molecule has 1 heteroatoms. The molecule has 0 radical (unpaired) electrons. The van der Waals surface area contributed by atoms with Gasteiger partial charge >= 0.3 is 0 Å². The van der Waals surface area contributed by atoms with Crippen molar-refractivity contribution in [1.29, 1.82) is 0 Å². The molecule has 1 aliphatic rings. The monoisotopic (exact) mass is 322 g/mol. The van der Waals surface area contributed by atoms with Gasteiger partial charge < -0.3 is 4.74 Å². The molecule has 0 heterocycles. The smallest absolute Gasteiger partial charge is 0.119 e. The Morgan fingerprint density at radius 3 is 2.17 bits per heavy atom. The second kappa shape index (κ2) is 7.88. The highest BCUT2D eigenvalue weighted by Crippen LogP contribution is 2.41. The number of aryl methyl sites for hydroxylation is 2. The third-order valence-corrected chi connectivity index (χ3v) is 5.63. The van der Waals surface area contributed by atoms with Gasteiger partial charge in [-0.15, -0.1) is 0 Å². The quantitative estimate of drug-likeness (QED) is 0.619. The van der Waals surface area contributed by atoms with Gasteiger partial charge in [-0.25, -0.2) is 0 Å². The Morgan fingerprint density at radius 1 is 0.917 bits per heavy atom. The van der Waals surface area contributed by atoms with Crippen LogP contribution in [0.2, 0.25) is 0 Å². The number of methoxy groups -OCH3 is 1. The minimum atomic E-state index is 0.714. The number of hydrogen-bond donors (Lipinski definition) is 0. The topological polar surface area (TPSA) is 9.23 Å². The van der Waals surface area contributed by atoms with Crippen LogP contribution in [0.15, 0.2) is 42.5 Å². The lowest BCUT2D eigenvalue weighted by Crippen LogP contribution is -2.13. The number of rotatable bonds is 5. The molecular weight excluding hydrogens is 292 g/mol. The molecule has 1 saturated carbocycles. The summed E-state index contributed by atoms with van der Waals surface area (Å²) in [6.45, 7) is 4.47. The zero-order valence-corrected chi connectivity index (χ0v) is 15.3. The minimum absolute atomic E-state index is 0.714. The normalized spacial score (nSPS) is 20.8. The van der Waals surface area contributed by atoms with Crippen molar-refractivity contribution in [2.75, 3.05) is 7.11 Å². The van der Waals surface area contributed by atoms with Gasteiger partial charge in [0.1, 0.15) is 5.75 Å². The van der Waals surface area contributed by atoms with Crippen LogP contribution in [0.3, 0.4) is 0 Å². The maximum atomic E-state index is 5.34. The van der Waals surface area contributed by atoms with Gasteiger partial charge in [0, 0.05) is 0 Å². The van der Waals surface area contributed by atoms with Crippen molar-refractivity contribution in [3.63, 3.8) is 0 Å². The summed E-state index contributed by atoms with van der Waals surface area (Å²) in [5, 5.41) is 0. The Morgan fingerprint density at radius 2 is 1.58 bits per heavy atom. The molecule has 0 aromatic heterocycles. The summed E-state index contributed by atoms with van der Waals surface area (Å²) in [6.07, 6.45) is 7.64. The fourth-order valence-corrected chi connectivity index (χ4v) is 4.22. The molecule has 0 atom stereocenters. The molecule has 3 rings (SSSR count). The van der Waals surface area contributed by atoms with Gasteiger partial charge in [0.2, 0.25) is 0 Å². The molecule has 0 N–H and O–H groups in total. The predicted molar refractivity (Wildman–Crippen MR) is 102 cm³/mol. The lowest BCUT2D eigenvalue weighted by Gasteiger charge is -2.30. The second-order valence-corrected chi connectivity index (χ2v) is 7.26. The van der Waals surface area contributed by atoms with E-state index < -0.39 is 0 Å². The molecule has 0 bridgehead atoms. The Balaban J connectivity index is 1.63. The van der Waals surface area contributed by atoms with Crippen molar-refractivity contribution in [2.24, 2.45) is 0 Å². The van der Waals surface area contributed by atoms with E-state index in [0.29, 0.717) is 5.92 Å². The summed E-state index contributed by atoms with van der Waals surface area (Å²) in [5.74, 6) is 2.43. The molecule has 0 aliphatic heterocycles. The van der Waals surface area contributed by atoms with Gasteiger partial charge in [-0.2, -0.15) is 0 Å². The van der Waals surface area contributed by atoms with Gasteiger partial charge in [0.25, 0.3) is 0 Å². The van der Waals surface area contributed by atoms with Crippen molar-refractivity contribution >= 4 is 0 Å². The van der Waals surface area contributed by atoms with Gasteiger partial charge in [0.05, 0.1) is 7.11 Å². The molecule has 1 aliphatic carbocycles. The maximum absolute atomic E-state index is 5.34. The van der Waals surface area contributed by atoms with Crippen LogP contribution in [0.4, 0.5) is 0 Å². The summed E-state index contributed by atoms with van der Waals surface area (Å²) >= 11 is 0. The van der Waals surface area contributed by atoms with Gasteiger partial charge in [-0.1, -0.05) is 43.7 Å². The molecule has 128 valence electrons. The molecule has 0 unspecified atom stereocenters. The third-order valence-electron chi connectivity index (χ3n) is 5.63. The zero-order valence-electron chi connectivity index (χ0n) is 15.3. The van der Waals surface area contributed by atoms with Crippen LogP contribution in [0.25, 0.3) is 0 Å². The first-order valence-corrected chi connectivity index (χ1v) is 9.44. The van der Waals surface area contributed by atoms with E-state index in [-0.39, 0.29) is 0 Å². The fraction of sp³-hybridized carbons (Fsp3) is 0.478. The Bertz CT molecular complexity index is 648. The van der Waals surface area contributed by atoms with Gasteiger partial charge in [-0.3, -0.25) is 0 Å². The van der Waals surface area contributed by atoms with Crippen molar-refractivity contribution in [2.45, 2.75) is 64.2 Å². The van der Waals surface area contributed by atoms with Crippen molar-refractivity contribution in [1.82, 2.24) is 0 Å². The highest BCUT2D eigenvalue weighted by Gasteiger charge is 2.24. The number of ether oxygens (including phenoxy) is 1. The molecule has 24 heavy (non-hydrogen) atoms. The van der Waals surface area contributed by atoms with E-state index in [4.69, 9.17) is 4.74 Å². The van der Waals surface area contributed by atoms with E-state index in [9.17, 15) is 0 Å². The average Bonchev–Trinajstić information content (AvgIpc) is 2.63. The average molecular weight is 322 g/mol. The van der Waals surface area contributed by atoms with Crippen LogP contribution >= 0.6 is 0 Å². The van der Waals surface area contributed by atoms with E-state index in [0.717, 1.165) is 11.7 Å². The minimum Gasteiger partial charge on any atom is -0.497 e. The van der Waals surface area contributed by atoms with Crippen molar-refractivity contribution in [3.8, 4) is 5.75 Å². The third kappa shape index (κ3) is 3.83. The highest BCUT2D eigenvalue weighted by atomic mass is 16.5. The van der Waals surface area contributed by atoms with Crippen molar-refractivity contribution < 1.29 is 4.74 Å². The van der Waals surface area contributed by atoms with E-state index in [1.807, 2.05) is 0 Å². The van der Waals surface area contributed by atoms with Crippen LogP contribution in [-0.4, -0.2) is 7.11 Å². The van der Waals surface area contributed by atoms with Crippen molar-refractivity contribution in [3.05, 3.63) is 64.7 Å². The van der Waals surface area contributed by atoms with Crippen LogP contribution in [0.5, 0.6) is 5.75 Å². The maximum Gasteiger partial charge on any atom is 0.119 e. The second-order valence-electron chi connectivity index (χ2n) is 7.26. The molecule has 2 aromatic carbocycles. The van der Waals surface area contributed by atoms with Crippen LogP contribution < -0.4 is 4.74 Å². The van der Waals surface area contributed by atoms with E-state index in [1.54, 1.807) is 12.7 Å². The van der Waals surface area contributed by atoms with Gasteiger partial charge in [0.15, 0.2) is 0 Å². The largest absolute Gasteiger partial charge is 0.497 e. The van der Waals surface area contributed by atoms with Crippen LogP contribution in [-0.2, 0) is 6.42 Å². The van der Waals surface area contributed by atoms with Crippen LogP contribution in [0.1, 0.15) is 73.1 Å². The summed E-state index contributed by atoms with van der Waals surface area (Å²) < 4.78 is 5.34. The molecule has 1 nitrogen and oxygen atoms in total. The molecule has 0 spiro atoms. The SMILES string of the molecule is CCCc1ccc(C2CCC(c3ccc(OC)cc3C)CC2)cc1. The Labute approximate surface area is 147 Å². The molecule has 0 amide bonds. The molecule has 2 aromatic rings. The Kier molecular flexibility index (Phi) is 5.60. The summed E-state index contributed by atoms with van der Waals surface area (Å²) in [7, 11) is 1.74. The summed E-state index contributed by atoms with van der Waals surface area (Å²) in [6, 6.07) is 16.0. The highest BCUT2D eigenvalue weighted by molar-refractivity contribution is 5.37. The summed E-state index contributed by atoms with van der Waals surface area (Å²) in [5.41, 5.74) is 5.91. The number of benzene rings is 2. The van der Waals surface area contributed by atoms with E-state index in [2.05, 4.69) is 56.3 Å². The van der Waals surface area contributed by atoms with E-state index >= 15 is 0 Å². The molecule has 1 fully saturated rings. The molecular formula is C23H30O. The fourth-order valence-electron chi connectivity index (χ4n) is 4.22. The zero-order chi connectivity index (χ0) is 16.9. The Hall–Kier alpha value is -1.76. The first-order valence-electron chi connectivity index (χ1n) is 9.44. The standard InChI is InChI=1S/C23H30O/c1-4-5-18-6-8-19(9-7-18)20-10-12-21(13-11-20)23-15-14-22(24-3)16-17(23)2/h6-9,14-16,20-21H,4-5,10-13H2,1-3H3. The first kappa shape index (κ1) is 17.1. The summed E-state index contributed by atoms with van der Waals surface area (Å²) in [4.78, 5) is 0. The van der Waals surface area contributed by atoms with Gasteiger partial charge in [-0.05, 0) is 85.3 Å². The predicted octanol–water partition coefficient (Wildman–Crippen LogP) is 6.40. The van der Waals surface area contributed by atoms with Crippen LogP contribution in [0, 0.1) is 6.92 Å². The lowest BCUT2D eigenvalue weighted by atomic mass is 9.75.